The molecule has 0 spiro atoms. The van der Waals surface area contributed by atoms with E-state index in [4.69, 9.17) is 4.74 Å². The molecule has 5 heteroatoms. The zero-order valence-corrected chi connectivity index (χ0v) is 12.6. The van der Waals surface area contributed by atoms with Crippen LogP contribution in [-0.4, -0.2) is 48.6 Å². The Labute approximate surface area is 121 Å². The number of nitrogens with zero attached hydrogens (tertiary/aromatic N) is 1. The molecule has 0 aromatic heterocycles. The first-order valence-electron chi connectivity index (χ1n) is 7.76. The van der Waals surface area contributed by atoms with Crippen molar-refractivity contribution in [1.29, 1.82) is 0 Å². The lowest BCUT2D eigenvalue weighted by Gasteiger charge is -2.36. The van der Waals surface area contributed by atoms with Gasteiger partial charge in [-0.3, -0.25) is 9.59 Å². The van der Waals surface area contributed by atoms with E-state index < -0.39 is 0 Å². The molecule has 2 fully saturated rings. The van der Waals surface area contributed by atoms with Gasteiger partial charge in [0.15, 0.2) is 0 Å². The van der Waals surface area contributed by atoms with Crippen LogP contribution in [0.1, 0.15) is 46.0 Å². The predicted molar refractivity (Wildman–Crippen MR) is 76.2 cm³/mol. The Kier molecular flexibility index (Phi) is 5.40. The van der Waals surface area contributed by atoms with Gasteiger partial charge in [0.05, 0.1) is 18.8 Å². The van der Waals surface area contributed by atoms with E-state index in [9.17, 15) is 9.59 Å². The van der Waals surface area contributed by atoms with Gasteiger partial charge in [-0.1, -0.05) is 12.8 Å². The van der Waals surface area contributed by atoms with Crippen molar-refractivity contribution in [3.05, 3.63) is 0 Å². The van der Waals surface area contributed by atoms with Crippen LogP contribution >= 0.6 is 0 Å². The lowest BCUT2D eigenvalue weighted by atomic mass is 10.1. The van der Waals surface area contributed by atoms with Gasteiger partial charge in [-0.2, -0.15) is 0 Å². The lowest BCUT2D eigenvalue weighted by Crippen LogP contribution is -2.50. The van der Waals surface area contributed by atoms with E-state index in [0.717, 1.165) is 25.7 Å². The van der Waals surface area contributed by atoms with E-state index in [2.05, 4.69) is 5.32 Å². The standard InChI is InChI=1S/C15H26N2O3/c1-11-10-20-12(2)9-17(11)14(18)7-8-16-15(19)13-5-3-4-6-13/h11-13H,3-10H2,1-2H3,(H,16,19)/t11-,12+/m0/s1. The molecule has 2 atom stereocenters. The first-order chi connectivity index (χ1) is 9.58. The van der Waals surface area contributed by atoms with Gasteiger partial charge in [0.25, 0.3) is 0 Å². The Morgan fingerprint density at radius 2 is 1.95 bits per heavy atom. The minimum Gasteiger partial charge on any atom is -0.375 e. The van der Waals surface area contributed by atoms with E-state index in [1.165, 1.54) is 0 Å². The fraction of sp³-hybridized carbons (Fsp3) is 0.867. The van der Waals surface area contributed by atoms with Crippen molar-refractivity contribution in [2.45, 2.75) is 58.1 Å². The Balaban J connectivity index is 1.70. The Morgan fingerprint density at radius 3 is 2.65 bits per heavy atom. The number of carbonyl (C=O) groups excluding carboxylic acids is 2. The third-order valence-corrected chi connectivity index (χ3v) is 4.29. The van der Waals surface area contributed by atoms with Crippen LogP contribution in [0.3, 0.4) is 0 Å². The van der Waals surface area contributed by atoms with Crippen molar-refractivity contribution in [2.24, 2.45) is 5.92 Å². The average molecular weight is 282 g/mol. The Hall–Kier alpha value is -1.10. The zero-order valence-electron chi connectivity index (χ0n) is 12.6. The lowest BCUT2D eigenvalue weighted by molar-refractivity contribution is -0.143. The predicted octanol–water partition coefficient (Wildman–Crippen LogP) is 1.32. The van der Waals surface area contributed by atoms with Crippen LogP contribution in [0.5, 0.6) is 0 Å². The second-order valence-corrected chi connectivity index (χ2v) is 6.06. The van der Waals surface area contributed by atoms with Crippen molar-refractivity contribution in [3.8, 4) is 0 Å². The minimum atomic E-state index is 0.100. The van der Waals surface area contributed by atoms with Crippen LogP contribution in [-0.2, 0) is 14.3 Å². The molecule has 20 heavy (non-hydrogen) atoms. The van der Waals surface area contributed by atoms with Gasteiger partial charge in [0.2, 0.25) is 11.8 Å². The topological polar surface area (TPSA) is 58.6 Å². The molecule has 1 N–H and O–H groups in total. The molecule has 1 aliphatic heterocycles. The summed E-state index contributed by atoms with van der Waals surface area (Å²) in [6.07, 6.45) is 4.79. The van der Waals surface area contributed by atoms with E-state index in [0.29, 0.717) is 26.1 Å². The van der Waals surface area contributed by atoms with Crippen LogP contribution in [0.25, 0.3) is 0 Å². The summed E-state index contributed by atoms with van der Waals surface area (Å²) < 4.78 is 5.52. The minimum absolute atomic E-state index is 0.100. The van der Waals surface area contributed by atoms with Gasteiger partial charge in [0.1, 0.15) is 0 Å². The normalized spacial score (nSPS) is 27.6. The molecular formula is C15H26N2O3. The van der Waals surface area contributed by atoms with Crippen molar-refractivity contribution in [3.63, 3.8) is 0 Å². The summed E-state index contributed by atoms with van der Waals surface area (Å²) in [7, 11) is 0. The van der Waals surface area contributed by atoms with Crippen molar-refractivity contribution in [2.75, 3.05) is 19.7 Å². The number of nitrogens with one attached hydrogen (secondary N) is 1. The van der Waals surface area contributed by atoms with Crippen LogP contribution in [0.15, 0.2) is 0 Å². The molecule has 1 saturated carbocycles. The highest BCUT2D eigenvalue weighted by Crippen LogP contribution is 2.24. The maximum atomic E-state index is 12.2. The summed E-state index contributed by atoms with van der Waals surface area (Å²) in [5.74, 6) is 0.408. The largest absolute Gasteiger partial charge is 0.375 e. The van der Waals surface area contributed by atoms with E-state index in [-0.39, 0.29) is 29.9 Å². The van der Waals surface area contributed by atoms with E-state index in [1.54, 1.807) is 0 Å². The van der Waals surface area contributed by atoms with Gasteiger partial charge >= 0.3 is 0 Å². The maximum Gasteiger partial charge on any atom is 0.224 e. The number of carbonyl (C=O) groups is 2. The molecular weight excluding hydrogens is 256 g/mol. The van der Waals surface area contributed by atoms with E-state index >= 15 is 0 Å². The molecule has 1 aliphatic carbocycles. The van der Waals surface area contributed by atoms with Crippen LogP contribution in [0, 0.1) is 5.92 Å². The van der Waals surface area contributed by atoms with Crippen LogP contribution in [0.4, 0.5) is 0 Å². The van der Waals surface area contributed by atoms with Crippen molar-refractivity contribution < 1.29 is 14.3 Å². The molecule has 1 heterocycles. The average Bonchev–Trinajstić information content (AvgIpc) is 2.95. The second kappa shape index (κ2) is 7.07. The van der Waals surface area contributed by atoms with Gasteiger partial charge in [-0.05, 0) is 26.7 Å². The smallest absolute Gasteiger partial charge is 0.224 e. The third kappa shape index (κ3) is 3.95. The first kappa shape index (κ1) is 15.3. The maximum absolute atomic E-state index is 12.2. The Morgan fingerprint density at radius 1 is 1.25 bits per heavy atom. The molecule has 2 aliphatic rings. The molecule has 2 amide bonds. The summed E-state index contributed by atoms with van der Waals surface area (Å²) in [6.45, 7) is 5.68. The number of amides is 2. The molecule has 0 bridgehead atoms. The summed E-state index contributed by atoms with van der Waals surface area (Å²) in [6, 6.07) is 0.129. The highest BCUT2D eigenvalue weighted by molar-refractivity contribution is 5.80. The molecule has 2 rings (SSSR count). The van der Waals surface area contributed by atoms with Crippen molar-refractivity contribution >= 4 is 11.8 Å². The highest BCUT2D eigenvalue weighted by atomic mass is 16.5. The molecule has 5 nitrogen and oxygen atoms in total. The van der Waals surface area contributed by atoms with Crippen molar-refractivity contribution in [1.82, 2.24) is 10.2 Å². The summed E-state index contributed by atoms with van der Waals surface area (Å²) in [5, 5.41) is 2.90. The number of hydrogen-bond acceptors (Lipinski definition) is 3. The van der Waals surface area contributed by atoms with Gasteiger partial charge in [0, 0.05) is 25.4 Å². The van der Waals surface area contributed by atoms with Crippen LogP contribution in [0.2, 0.25) is 0 Å². The molecule has 0 radical (unpaired) electrons. The summed E-state index contributed by atoms with van der Waals surface area (Å²) in [4.78, 5) is 25.9. The fourth-order valence-corrected chi connectivity index (χ4v) is 3.02. The van der Waals surface area contributed by atoms with E-state index in [1.807, 2.05) is 18.7 Å². The number of ether oxygens (including phenoxy) is 1. The molecule has 0 aromatic carbocycles. The molecule has 114 valence electrons. The number of hydrogen-bond donors (Lipinski definition) is 1. The number of morpholine rings is 1. The number of rotatable bonds is 4. The van der Waals surface area contributed by atoms with Crippen LogP contribution < -0.4 is 5.32 Å². The van der Waals surface area contributed by atoms with Gasteiger partial charge in [-0.15, -0.1) is 0 Å². The highest BCUT2D eigenvalue weighted by Gasteiger charge is 2.27. The molecule has 1 saturated heterocycles. The third-order valence-electron chi connectivity index (χ3n) is 4.29. The molecule has 0 aromatic rings. The summed E-state index contributed by atoms with van der Waals surface area (Å²) in [5.41, 5.74) is 0. The SMILES string of the molecule is C[C@@H]1CN(C(=O)CCNC(=O)C2CCCC2)[C@@H](C)CO1. The quantitative estimate of drug-likeness (QED) is 0.846. The summed E-state index contributed by atoms with van der Waals surface area (Å²) >= 11 is 0. The second-order valence-electron chi connectivity index (χ2n) is 6.06. The molecule has 0 unspecified atom stereocenters. The van der Waals surface area contributed by atoms with Gasteiger partial charge in [-0.25, -0.2) is 0 Å². The Bertz CT molecular complexity index is 353. The van der Waals surface area contributed by atoms with Gasteiger partial charge < -0.3 is 15.0 Å². The zero-order chi connectivity index (χ0) is 14.5. The monoisotopic (exact) mass is 282 g/mol. The first-order valence-corrected chi connectivity index (χ1v) is 7.76. The fourth-order valence-electron chi connectivity index (χ4n) is 3.02.